The monoisotopic (exact) mass is 246 g/mol. The molecule has 0 spiro atoms. The number of methoxy groups -OCH3 is 1. The molecular formula is C14H11ClO2. The lowest BCUT2D eigenvalue weighted by atomic mass is 10.0. The largest absolute Gasteiger partial charge is 0.465 e. The maximum absolute atomic E-state index is 11.4. The van der Waals surface area contributed by atoms with Gasteiger partial charge in [-0.1, -0.05) is 35.9 Å². The molecule has 2 nitrogen and oxygen atoms in total. The van der Waals surface area contributed by atoms with E-state index < -0.39 is 0 Å². The number of esters is 1. The summed E-state index contributed by atoms with van der Waals surface area (Å²) in [4.78, 5) is 11.4. The van der Waals surface area contributed by atoms with Crippen molar-refractivity contribution in [1.29, 1.82) is 0 Å². The quantitative estimate of drug-likeness (QED) is 0.754. The number of hydrogen-bond acceptors (Lipinski definition) is 2. The minimum Gasteiger partial charge on any atom is -0.465 e. The zero-order chi connectivity index (χ0) is 12.3. The minimum absolute atomic E-state index is 0.333. The van der Waals surface area contributed by atoms with Crippen LogP contribution in [0.2, 0.25) is 5.02 Å². The Morgan fingerprint density at radius 3 is 2.41 bits per heavy atom. The predicted molar refractivity (Wildman–Crippen MR) is 68.2 cm³/mol. The van der Waals surface area contributed by atoms with Crippen molar-refractivity contribution in [3.8, 4) is 11.1 Å². The van der Waals surface area contributed by atoms with Crippen molar-refractivity contribution in [2.45, 2.75) is 0 Å². The summed E-state index contributed by atoms with van der Waals surface area (Å²) in [5, 5.41) is 0.692. The van der Waals surface area contributed by atoms with Gasteiger partial charge in [-0.15, -0.1) is 0 Å². The summed E-state index contributed by atoms with van der Waals surface area (Å²) in [5.41, 5.74) is 2.52. The van der Waals surface area contributed by atoms with Gasteiger partial charge in [0.15, 0.2) is 0 Å². The highest BCUT2D eigenvalue weighted by molar-refractivity contribution is 6.30. The maximum Gasteiger partial charge on any atom is 0.337 e. The first kappa shape index (κ1) is 11.7. The summed E-state index contributed by atoms with van der Waals surface area (Å²) in [7, 11) is 1.37. The van der Waals surface area contributed by atoms with Gasteiger partial charge in [-0.25, -0.2) is 4.79 Å². The SMILES string of the molecule is COC(=O)c1cccc(-c2ccc(Cl)cc2)c1. The van der Waals surface area contributed by atoms with Crippen LogP contribution in [0.3, 0.4) is 0 Å². The van der Waals surface area contributed by atoms with Crippen LogP contribution in [0.4, 0.5) is 0 Å². The van der Waals surface area contributed by atoms with Crippen molar-refractivity contribution in [2.75, 3.05) is 7.11 Å². The van der Waals surface area contributed by atoms with E-state index in [1.54, 1.807) is 12.1 Å². The second-order valence-corrected chi connectivity index (χ2v) is 4.02. The molecule has 0 heterocycles. The van der Waals surface area contributed by atoms with Crippen molar-refractivity contribution in [1.82, 2.24) is 0 Å². The minimum atomic E-state index is -0.333. The van der Waals surface area contributed by atoms with Crippen LogP contribution in [0, 0.1) is 0 Å². The Morgan fingerprint density at radius 2 is 1.76 bits per heavy atom. The van der Waals surface area contributed by atoms with E-state index in [4.69, 9.17) is 11.6 Å². The third-order valence-corrected chi connectivity index (χ3v) is 2.71. The Hall–Kier alpha value is -1.80. The average Bonchev–Trinajstić information content (AvgIpc) is 2.39. The predicted octanol–water partition coefficient (Wildman–Crippen LogP) is 3.79. The molecular weight excluding hydrogens is 236 g/mol. The fraction of sp³-hybridized carbons (Fsp3) is 0.0714. The molecule has 2 rings (SSSR count). The molecule has 0 N–H and O–H groups in total. The number of carbonyl (C=O) groups excluding carboxylic acids is 1. The van der Waals surface area contributed by atoms with Crippen molar-refractivity contribution >= 4 is 17.6 Å². The Kier molecular flexibility index (Phi) is 3.45. The molecule has 0 bridgehead atoms. The number of benzene rings is 2. The van der Waals surface area contributed by atoms with Gasteiger partial charge in [0.05, 0.1) is 12.7 Å². The van der Waals surface area contributed by atoms with Crippen LogP contribution >= 0.6 is 11.6 Å². The smallest absolute Gasteiger partial charge is 0.337 e. The van der Waals surface area contributed by atoms with Gasteiger partial charge in [-0.3, -0.25) is 0 Å². The van der Waals surface area contributed by atoms with Crippen LogP contribution in [0.1, 0.15) is 10.4 Å². The highest BCUT2D eigenvalue weighted by atomic mass is 35.5. The van der Waals surface area contributed by atoms with Crippen molar-refractivity contribution in [2.24, 2.45) is 0 Å². The van der Waals surface area contributed by atoms with Crippen LogP contribution < -0.4 is 0 Å². The molecule has 0 saturated heterocycles. The molecule has 0 aromatic heterocycles. The van der Waals surface area contributed by atoms with E-state index in [1.165, 1.54) is 7.11 Å². The van der Waals surface area contributed by atoms with E-state index in [9.17, 15) is 4.79 Å². The molecule has 0 unspecified atom stereocenters. The van der Waals surface area contributed by atoms with Gasteiger partial charge in [0.2, 0.25) is 0 Å². The van der Waals surface area contributed by atoms with E-state index in [2.05, 4.69) is 4.74 Å². The summed E-state index contributed by atoms with van der Waals surface area (Å²) in [6, 6.07) is 14.8. The zero-order valence-corrected chi connectivity index (χ0v) is 10.1. The Balaban J connectivity index is 2.39. The lowest BCUT2D eigenvalue weighted by Crippen LogP contribution is -2.00. The van der Waals surface area contributed by atoms with Crippen LogP contribution in [-0.4, -0.2) is 13.1 Å². The molecule has 86 valence electrons. The first-order chi connectivity index (χ1) is 8.20. The number of halogens is 1. The molecule has 0 amide bonds. The van der Waals surface area contributed by atoms with Crippen LogP contribution in [-0.2, 0) is 4.74 Å². The van der Waals surface area contributed by atoms with Gasteiger partial charge in [0.1, 0.15) is 0 Å². The summed E-state index contributed by atoms with van der Waals surface area (Å²) in [6.07, 6.45) is 0. The molecule has 0 aliphatic rings. The standard InChI is InChI=1S/C14H11ClO2/c1-17-14(16)12-4-2-3-11(9-12)10-5-7-13(15)8-6-10/h2-9H,1H3. The van der Waals surface area contributed by atoms with Crippen molar-refractivity contribution < 1.29 is 9.53 Å². The summed E-state index contributed by atoms with van der Waals surface area (Å²) >= 11 is 5.83. The van der Waals surface area contributed by atoms with E-state index in [0.717, 1.165) is 11.1 Å². The number of ether oxygens (including phenoxy) is 1. The Bertz CT molecular complexity index is 532. The van der Waals surface area contributed by atoms with E-state index in [-0.39, 0.29) is 5.97 Å². The normalized spacial score (nSPS) is 10.0. The second kappa shape index (κ2) is 5.02. The molecule has 0 radical (unpaired) electrons. The molecule has 0 fully saturated rings. The van der Waals surface area contributed by atoms with Gasteiger partial charge in [0.25, 0.3) is 0 Å². The molecule has 0 aliphatic heterocycles. The Morgan fingerprint density at radius 1 is 1.06 bits per heavy atom. The van der Waals surface area contributed by atoms with Gasteiger partial charge in [-0.2, -0.15) is 0 Å². The molecule has 0 aliphatic carbocycles. The van der Waals surface area contributed by atoms with E-state index in [0.29, 0.717) is 10.6 Å². The second-order valence-electron chi connectivity index (χ2n) is 3.58. The number of carbonyl (C=O) groups is 1. The molecule has 17 heavy (non-hydrogen) atoms. The highest BCUT2D eigenvalue weighted by Crippen LogP contribution is 2.22. The lowest BCUT2D eigenvalue weighted by molar-refractivity contribution is 0.0601. The van der Waals surface area contributed by atoms with Crippen molar-refractivity contribution in [3.63, 3.8) is 0 Å². The molecule has 0 atom stereocenters. The van der Waals surface area contributed by atoms with Crippen LogP contribution in [0.15, 0.2) is 48.5 Å². The summed E-state index contributed by atoms with van der Waals surface area (Å²) in [6.45, 7) is 0. The maximum atomic E-state index is 11.4. The van der Waals surface area contributed by atoms with Gasteiger partial charge in [0, 0.05) is 5.02 Å². The first-order valence-corrected chi connectivity index (χ1v) is 5.53. The summed E-state index contributed by atoms with van der Waals surface area (Å²) < 4.78 is 4.69. The Labute approximate surface area is 105 Å². The first-order valence-electron chi connectivity index (χ1n) is 5.15. The highest BCUT2D eigenvalue weighted by Gasteiger charge is 2.06. The van der Waals surface area contributed by atoms with Crippen LogP contribution in [0.25, 0.3) is 11.1 Å². The fourth-order valence-corrected chi connectivity index (χ4v) is 1.71. The molecule has 2 aromatic rings. The molecule has 3 heteroatoms. The number of hydrogen-bond donors (Lipinski definition) is 0. The van der Waals surface area contributed by atoms with Crippen molar-refractivity contribution in [3.05, 3.63) is 59.1 Å². The molecule has 2 aromatic carbocycles. The summed E-state index contributed by atoms with van der Waals surface area (Å²) in [5.74, 6) is -0.333. The van der Waals surface area contributed by atoms with E-state index in [1.807, 2.05) is 36.4 Å². The van der Waals surface area contributed by atoms with Gasteiger partial charge in [-0.05, 0) is 35.4 Å². The fourth-order valence-electron chi connectivity index (χ4n) is 1.59. The lowest BCUT2D eigenvalue weighted by Gasteiger charge is -2.04. The topological polar surface area (TPSA) is 26.3 Å². The van der Waals surface area contributed by atoms with Crippen LogP contribution in [0.5, 0.6) is 0 Å². The number of rotatable bonds is 2. The average molecular weight is 247 g/mol. The van der Waals surface area contributed by atoms with Gasteiger partial charge >= 0.3 is 5.97 Å². The third kappa shape index (κ3) is 2.66. The zero-order valence-electron chi connectivity index (χ0n) is 9.31. The van der Waals surface area contributed by atoms with E-state index >= 15 is 0 Å². The third-order valence-electron chi connectivity index (χ3n) is 2.46. The van der Waals surface area contributed by atoms with Gasteiger partial charge < -0.3 is 4.74 Å². The molecule has 0 saturated carbocycles.